The summed E-state index contributed by atoms with van der Waals surface area (Å²) < 4.78 is 13.3. The molecule has 1 aromatic carbocycles. The van der Waals surface area contributed by atoms with Gasteiger partial charge in [-0.1, -0.05) is 38.3 Å². The van der Waals surface area contributed by atoms with Crippen LogP contribution in [0.25, 0.3) is 0 Å². The van der Waals surface area contributed by atoms with Crippen LogP contribution in [0.15, 0.2) is 12.1 Å². The minimum atomic E-state index is -0.783. The Morgan fingerprint density at radius 3 is 2.47 bits per heavy atom. The van der Waals surface area contributed by atoms with Gasteiger partial charge in [-0.3, -0.25) is 10.1 Å². The summed E-state index contributed by atoms with van der Waals surface area (Å²) in [5.74, 6) is -0.391. The summed E-state index contributed by atoms with van der Waals surface area (Å²) >= 11 is 5.68. The van der Waals surface area contributed by atoms with Crippen LogP contribution in [0.4, 0.5) is 15.8 Å². The van der Waals surface area contributed by atoms with Crippen molar-refractivity contribution in [3.8, 4) is 0 Å². The zero-order valence-corrected chi connectivity index (χ0v) is 12.0. The number of nitrogens with zero attached hydrogens (tertiary/aromatic N) is 1. The van der Waals surface area contributed by atoms with Gasteiger partial charge in [0.05, 0.1) is 16.0 Å². The second kappa shape index (κ2) is 6.70. The molecule has 4 nitrogen and oxygen atoms in total. The smallest absolute Gasteiger partial charge is 0.295 e. The van der Waals surface area contributed by atoms with E-state index in [1.807, 2.05) is 6.92 Å². The van der Waals surface area contributed by atoms with E-state index in [0.29, 0.717) is 5.92 Å². The molecule has 0 bridgehead atoms. The maximum Gasteiger partial charge on any atom is 0.295 e. The molecule has 0 aliphatic rings. The van der Waals surface area contributed by atoms with Crippen LogP contribution in [0.2, 0.25) is 5.02 Å². The second-order valence-corrected chi connectivity index (χ2v) is 4.96. The van der Waals surface area contributed by atoms with Crippen molar-refractivity contribution in [2.75, 3.05) is 5.32 Å². The third-order valence-corrected chi connectivity index (χ3v) is 3.66. The van der Waals surface area contributed by atoms with Gasteiger partial charge in [0, 0.05) is 6.04 Å². The van der Waals surface area contributed by atoms with E-state index in [0.717, 1.165) is 18.9 Å². The molecule has 1 rings (SSSR count). The molecule has 0 radical (unpaired) electrons. The number of nitro benzene ring substituents is 1. The molecule has 0 aromatic heterocycles. The summed E-state index contributed by atoms with van der Waals surface area (Å²) in [6.07, 6.45) is 1.93. The number of rotatable bonds is 6. The molecule has 0 saturated carbocycles. The standard InChI is InChI=1S/C13H18ClFN2O2/c1-4-9(5-2)8(3)16-12-6-10(14)11(15)7-13(12)17(18)19/h6-9,16H,4-5H2,1-3H3. The van der Waals surface area contributed by atoms with E-state index in [-0.39, 0.29) is 22.4 Å². The van der Waals surface area contributed by atoms with E-state index < -0.39 is 10.7 Å². The number of halogens is 2. The zero-order chi connectivity index (χ0) is 14.6. The highest BCUT2D eigenvalue weighted by Gasteiger charge is 2.21. The van der Waals surface area contributed by atoms with Crippen molar-refractivity contribution in [1.29, 1.82) is 0 Å². The van der Waals surface area contributed by atoms with Crippen LogP contribution in [0.3, 0.4) is 0 Å². The van der Waals surface area contributed by atoms with Crippen molar-refractivity contribution >= 4 is 23.0 Å². The van der Waals surface area contributed by atoms with Crippen molar-refractivity contribution in [2.24, 2.45) is 5.92 Å². The molecule has 0 spiro atoms. The Bertz CT molecular complexity index is 464. The molecule has 1 atom stereocenters. The molecular weight excluding hydrogens is 271 g/mol. The Kier molecular flexibility index (Phi) is 5.54. The molecule has 106 valence electrons. The van der Waals surface area contributed by atoms with Gasteiger partial charge in [-0.25, -0.2) is 4.39 Å². The van der Waals surface area contributed by atoms with Gasteiger partial charge in [-0.05, 0) is 18.9 Å². The van der Waals surface area contributed by atoms with Crippen molar-refractivity contribution in [1.82, 2.24) is 0 Å². The van der Waals surface area contributed by atoms with Gasteiger partial charge in [0.1, 0.15) is 11.5 Å². The summed E-state index contributed by atoms with van der Waals surface area (Å²) in [7, 11) is 0. The van der Waals surface area contributed by atoms with Crippen LogP contribution >= 0.6 is 11.6 Å². The Labute approximate surface area is 117 Å². The largest absolute Gasteiger partial charge is 0.377 e. The maximum atomic E-state index is 13.3. The Morgan fingerprint density at radius 2 is 2.00 bits per heavy atom. The number of benzene rings is 1. The van der Waals surface area contributed by atoms with Crippen LogP contribution in [0.1, 0.15) is 33.6 Å². The molecule has 0 fully saturated rings. The van der Waals surface area contributed by atoms with Crippen molar-refractivity contribution in [3.63, 3.8) is 0 Å². The molecule has 6 heteroatoms. The van der Waals surface area contributed by atoms with Crippen LogP contribution in [-0.4, -0.2) is 11.0 Å². The molecule has 1 aromatic rings. The molecule has 1 unspecified atom stereocenters. The third-order valence-electron chi connectivity index (χ3n) is 3.37. The number of hydrogen-bond acceptors (Lipinski definition) is 3. The SMILES string of the molecule is CCC(CC)C(C)Nc1cc(Cl)c(F)cc1[N+](=O)[O-]. The summed E-state index contributed by atoms with van der Waals surface area (Å²) in [5, 5.41) is 13.9. The van der Waals surface area contributed by atoms with Crippen molar-refractivity contribution in [3.05, 3.63) is 33.1 Å². The van der Waals surface area contributed by atoms with Gasteiger partial charge in [-0.15, -0.1) is 0 Å². The topological polar surface area (TPSA) is 55.2 Å². The van der Waals surface area contributed by atoms with E-state index in [1.165, 1.54) is 6.07 Å². The molecular formula is C13H18ClFN2O2. The van der Waals surface area contributed by atoms with E-state index in [4.69, 9.17) is 11.6 Å². The predicted molar refractivity (Wildman–Crippen MR) is 75.2 cm³/mol. The lowest BCUT2D eigenvalue weighted by Crippen LogP contribution is -2.25. The molecule has 0 heterocycles. The van der Waals surface area contributed by atoms with Gasteiger partial charge < -0.3 is 5.32 Å². The van der Waals surface area contributed by atoms with E-state index >= 15 is 0 Å². The van der Waals surface area contributed by atoms with Gasteiger partial charge in [-0.2, -0.15) is 0 Å². The highest BCUT2D eigenvalue weighted by atomic mass is 35.5. The second-order valence-electron chi connectivity index (χ2n) is 4.55. The number of nitro groups is 1. The van der Waals surface area contributed by atoms with Gasteiger partial charge in [0.25, 0.3) is 5.69 Å². The minimum Gasteiger partial charge on any atom is -0.377 e. The molecule has 0 aliphatic carbocycles. The molecule has 0 amide bonds. The Balaban J connectivity index is 3.06. The fourth-order valence-electron chi connectivity index (χ4n) is 2.16. The van der Waals surface area contributed by atoms with Gasteiger partial charge >= 0.3 is 0 Å². The average Bonchev–Trinajstić information content (AvgIpc) is 2.34. The third kappa shape index (κ3) is 3.80. The first-order valence-corrected chi connectivity index (χ1v) is 6.68. The first-order valence-electron chi connectivity index (χ1n) is 6.30. The van der Waals surface area contributed by atoms with Crippen molar-refractivity contribution < 1.29 is 9.31 Å². The summed E-state index contributed by atoms with van der Waals surface area (Å²) in [5.41, 5.74) is -0.0319. The normalized spacial score (nSPS) is 12.5. The number of hydrogen-bond donors (Lipinski definition) is 1. The summed E-state index contributed by atoms with van der Waals surface area (Å²) in [6, 6.07) is 2.17. The lowest BCUT2D eigenvalue weighted by Gasteiger charge is -2.23. The maximum absolute atomic E-state index is 13.3. The molecule has 1 N–H and O–H groups in total. The van der Waals surface area contributed by atoms with Crippen LogP contribution in [0, 0.1) is 21.8 Å². The first kappa shape index (κ1) is 15.7. The highest BCUT2D eigenvalue weighted by Crippen LogP contribution is 2.31. The van der Waals surface area contributed by atoms with Gasteiger partial charge in [0.2, 0.25) is 0 Å². The number of nitrogens with one attached hydrogen (secondary N) is 1. The van der Waals surface area contributed by atoms with Crippen LogP contribution < -0.4 is 5.32 Å². The van der Waals surface area contributed by atoms with Crippen LogP contribution in [0.5, 0.6) is 0 Å². The predicted octanol–water partition coefficient (Wildman–Crippen LogP) is 4.62. The zero-order valence-electron chi connectivity index (χ0n) is 11.2. The molecule has 0 saturated heterocycles. The average molecular weight is 289 g/mol. The fraction of sp³-hybridized carbons (Fsp3) is 0.538. The van der Waals surface area contributed by atoms with Gasteiger partial charge in [0.15, 0.2) is 0 Å². The van der Waals surface area contributed by atoms with E-state index in [1.54, 1.807) is 0 Å². The monoisotopic (exact) mass is 288 g/mol. The minimum absolute atomic E-state index is 0.0511. The molecule has 0 aliphatic heterocycles. The lowest BCUT2D eigenvalue weighted by atomic mass is 9.95. The Hall–Kier alpha value is -1.36. The number of anilines is 1. The van der Waals surface area contributed by atoms with E-state index in [2.05, 4.69) is 19.2 Å². The quantitative estimate of drug-likeness (QED) is 0.613. The summed E-state index contributed by atoms with van der Waals surface area (Å²) in [4.78, 5) is 10.3. The highest BCUT2D eigenvalue weighted by molar-refractivity contribution is 6.31. The lowest BCUT2D eigenvalue weighted by molar-refractivity contribution is -0.384. The fourth-order valence-corrected chi connectivity index (χ4v) is 2.33. The van der Waals surface area contributed by atoms with E-state index in [9.17, 15) is 14.5 Å². The Morgan fingerprint density at radius 1 is 1.42 bits per heavy atom. The first-order chi connectivity index (χ1) is 8.90. The summed E-state index contributed by atoms with van der Waals surface area (Å²) in [6.45, 7) is 6.09. The van der Waals surface area contributed by atoms with Crippen LogP contribution in [-0.2, 0) is 0 Å². The van der Waals surface area contributed by atoms with Crippen molar-refractivity contribution in [2.45, 2.75) is 39.7 Å². The molecule has 19 heavy (non-hydrogen) atoms.